The van der Waals surface area contributed by atoms with Crippen molar-refractivity contribution in [2.24, 2.45) is 0 Å². The Morgan fingerprint density at radius 1 is 0.730 bits per heavy atom. The molecule has 186 valence electrons. The number of aryl methyl sites for hydroxylation is 1. The van der Waals surface area contributed by atoms with Gasteiger partial charge >= 0.3 is 0 Å². The van der Waals surface area contributed by atoms with E-state index in [0.29, 0.717) is 22.4 Å². The molecule has 1 amide bonds. The van der Waals surface area contributed by atoms with Crippen LogP contribution in [-0.4, -0.2) is 35.0 Å². The molecule has 0 radical (unpaired) electrons. The number of hydrogen-bond donors (Lipinski definition) is 1. The summed E-state index contributed by atoms with van der Waals surface area (Å²) in [4.78, 5) is 28.5. The van der Waals surface area contributed by atoms with Crippen LogP contribution in [0.1, 0.15) is 57.5 Å². The van der Waals surface area contributed by atoms with Gasteiger partial charge in [-0.3, -0.25) is 9.59 Å². The van der Waals surface area contributed by atoms with Gasteiger partial charge in [0.15, 0.2) is 11.6 Å². The number of benzene rings is 3. The number of ketones is 1. The lowest BCUT2D eigenvalue weighted by Gasteiger charge is -2.20. The summed E-state index contributed by atoms with van der Waals surface area (Å²) in [6.45, 7) is 4.03. The van der Waals surface area contributed by atoms with Gasteiger partial charge < -0.3 is 10.2 Å². The van der Waals surface area contributed by atoms with Crippen molar-refractivity contribution in [3.05, 3.63) is 107 Å². The fraction of sp³-hybridized carbons (Fsp3) is 0.226. The number of rotatable bonds is 6. The van der Waals surface area contributed by atoms with Gasteiger partial charge in [-0.15, -0.1) is 10.2 Å². The molecule has 3 aromatic carbocycles. The lowest BCUT2D eigenvalue weighted by molar-refractivity contribution is 0.0996. The predicted molar refractivity (Wildman–Crippen MR) is 147 cm³/mol. The minimum Gasteiger partial charge on any atom is -0.355 e. The molecule has 1 aliphatic rings. The van der Waals surface area contributed by atoms with Crippen molar-refractivity contribution in [1.82, 2.24) is 10.2 Å². The Hall–Kier alpha value is -4.32. The SMILES string of the molecule is Cc1ccc(C(=O)c2ccccc2C(=O)Nc2ccc(-c3ccc(N4CCCCCC4)nn3)cc2)cc1. The van der Waals surface area contributed by atoms with Gasteiger partial charge in [-0.1, -0.05) is 73.0 Å². The maximum Gasteiger partial charge on any atom is 0.256 e. The van der Waals surface area contributed by atoms with E-state index in [1.807, 2.05) is 55.5 Å². The molecular formula is C31H30N4O2. The number of aromatic nitrogens is 2. The van der Waals surface area contributed by atoms with Gasteiger partial charge in [-0.05, 0) is 50.1 Å². The van der Waals surface area contributed by atoms with E-state index in [1.165, 1.54) is 25.7 Å². The Balaban J connectivity index is 1.28. The minimum atomic E-state index is -0.328. The topological polar surface area (TPSA) is 75.2 Å². The van der Waals surface area contributed by atoms with Crippen molar-refractivity contribution in [3.63, 3.8) is 0 Å². The average molecular weight is 491 g/mol. The van der Waals surface area contributed by atoms with Crippen molar-refractivity contribution < 1.29 is 9.59 Å². The average Bonchev–Trinajstić information content (AvgIpc) is 3.23. The minimum absolute atomic E-state index is 0.178. The van der Waals surface area contributed by atoms with Crippen LogP contribution in [0.15, 0.2) is 84.9 Å². The van der Waals surface area contributed by atoms with E-state index in [4.69, 9.17) is 0 Å². The smallest absolute Gasteiger partial charge is 0.256 e. The molecule has 1 fully saturated rings. The first-order valence-corrected chi connectivity index (χ1v) is 12.8. The summed E-state index contributed by atoms with van der Waals surface area (Å²) in [6.07, 6.45) is 4.95. The van der Waals surface area contributed by atoms with Crippen LogP contribution >= 0.6 is 0 Å². The molecule has 1 saturated heterocycles. The molecule has 1 N–H and O–H groups in total. The third-order valence-electron chi connectivity index (χ3n) is 6.75. The second kappa shape index (κ2) is 11.2. The van der Waals surface area contributed by atoms with Gasteiger partial charge in [-0.25, -0.2) is 0 Å². The van der Waals surface area contributed by atoms with Crippen LogP contribution in [0.2, 0.25) is 0 Å². The zero-order valence-corrected chi connectivity index (χ0v) is 21.0. The van der Waals surface area contributed by atoms with Crippen molar-refractivity contribution in [3.8, 4) is 11.3 Å². The molecule has 0 aliphatic carbocycles. The van der Waals surface area contributed by atoms with E-state index in [1.54, 1.807) is 36.4 Å². The predicted octanol–water partition coefficient (Wildman–Crippen LogP) is 6.32. The molecule has 0 spiro atoms. The second-order valence-corrected chi connectivity index (χ2v) is 9.45. The molecule has 0 bridgehead atoms. The number of carbonyl (C=O) groups is 2. The van der Waals surface area contributed by atoms with Crippen LogP contribution in [0.3, 0.4) is 0 Å². The third kappa shape index (κ3) is 5.75. The van der Waals surface area contributed by atoms with Crippen LogP contribution < -0.4 is 10.2 Å². The standard InChI is InChI=1S/C31H30N4O2/c1-22-10-12-24(13-11-22)30(36)26-8-4-5-9-27(26)31(37)32-25-16-14-23(15-17-25)28-18-19-29(34-33-28)35-20-6-2-3-7-21-35/h4-5,8-19H,2-3,6-7,20-21H2,1H3,(H,32,37). The highest BCUT2D eigenvalue weighted by atomic mass is 16.2. The fourth-order valence-corrected chi connectivity index (χ4v) is 4.61. The van der Waals surface area contributed by atoms with Crippen molar-refractivity contribution in [1.29, 1.82) is 0 Å². The number of hydrogen-bond acceptors (Lipinski definition) is 5. The quantitative estimate of drug-likeness (QED) is 0.320. The van der Waals surface area contributed by atoms with Crippen molar-refractivity contribution in [2.45, 2.75) is 32.6 Å². The van der Waals surface area contributed by atoms with Crippen LogP contribution in [0.5, 0.6) is 0 Å². The molecule has 0 saturated carbocycles. The molecule has 6 heteroatoms. The second-order valence-electron chi connectivity index (χ2n) is 9.45. The highest BCUT2D eigenvalue weighted by Gasteiger charge is 2.18. The van der Waals surface area contributed by atoms with Crippen molar-refractivity contribution >= 4 is 23.2 Å². The van der Waals surface area contributed by atoms with Gasteiger partial charge in [0.2, 0.25) is 0 Å². The summed E-state index contributed by atoms with van der Waals surface area (Å²) in [5.74, 6) is 0.419. The van der Waals surface area contributed by atoms with Crippen LogP contribution in [-0.2, 0) is 0 Å². The van der Waals surface area contributed by atoms with Gasteiger partial charge in [0.1, 0.15) is 0 Å². The highest BCUT2D eigenvalue weighted by Crippen LogP contribution is 2.23. The zero-order valence-electron chi connectivity index (χ0n) is 21.0. The first kappa shape index (κ1) is 24.4. The maximum atomic E-state index is 13.1. The lowest BCUT2D eigenvalue weighted by atomic mass is 9.97. The fourth-order valence-electron chi connectivity index (χ4n) is 4.61. The molecule has 5 rings (SSSR count). The lowest BCUT2D eigenvalue weighted by Crippen LogP contribution is -2.25. The van der Waals surface area contributed by atoms with Gasteiger partial charge in [-0.2, -0.15) is 0 Å². The van der Waals surface area contributed by atoms with E-state index < -0.39 is 0 Å². The van der Waals surface area contributed by atoms with Crippen LogP contribution in [0.4, 0.5) is 11.5 Å². The highest BCUT2D eigenvalue weighted by molar-refractivity contribution is 6.17. The molecule has 1 aromatic heterocycles. The first-order chi connectivity index (χ1) is 18.1. The Labute approximate surface area is 217 Å². The molecule has 4 aromatic rings. The van der Waals surface area contributed by atoms with Gasteiger partial charge in [0, 0.05) is 35.5 Å². The van der Waals surface area contributed by atoms with E-state index in [2.05, 4.69) is 20.4 Å². The summed E-state index contributed by atoms with van der Waals surface area (Å²) in [7, 11) is 0. The van der Waals surface area contributed by atoms with E-state index in [-0.39, 0.29) is 11.7 Å². The number of carbonyl (C=O) groups excluding carboxylic acids is 2. The maximum absolute atomic E-state index is 13.1. The molecule has 2 heterocycles. The van der Waals surface area contributed by atoms with Crippen LogP contribution in [0, 0.1) is 6.92 Å². The Bertz CT molecular complexity index is 1370. The van der Waals surface area contributed by atoms with E-state index in [9.17, 15) is 9.59 Å². The van der Waals surface area contributed by atoms with Crippen molar-refractivity contribution in [2.75, 3.05) is 23.3 Å². The summed E-state index contributed by atoms with van der Waals surface area (Å²) in [5.41, 5.74) is 4.68. The summed E-state index contributed by atoms with van der Waals surface area (Å²) in [6, 6.07) is 25.8. The Kier molecular flexibility index (Phi) is 7.36. The molecule has 6 nitrogen and oxygen atoms in total. The molecule has 0 atom stereocenters. The van der Waals surface area contributed by atoms with E-state index in [0.717, 1.165) is 35.7 Å². The largest absolute Gasteiger partial charge is 0.355 e. The Morgan fingerprint density at radius 3 is 2.05 bits per heavy atom. The van der Waals surface area contributed by atoms with E-state index >= 15 is 0 Å². The number of nitrogens with zero attached hydrogens (tertiary/aromatic N) is 3. The zero-order chi connectivity index (χ0) is 25.6. The van der Waals surface area contributed by atoms with Crippen LogP contribution in [0.25, 0.3) is 11.3 Å². The molecule has 0 unspecified atom stereocenters. The summed E-state index contributed by atoms with van der Waals surface area (Å²) in [5, 5.41) is 11.8. The summed E-state index contributed by atoms with van der Waals surface area (Å²) >= 11 is 0. The number of amides is 1. The third-order valence-corrected chi connectivity index (χ3v) is 6.75. The number of anilines is 2. The first-order valence-electron chi connectivity index (χ1n) is 12.8. The molecular weight excluding hydrogens is 460 g/mol. The Morgan fingerprint density at radius 2 is 1.41 bits per heavy atom. The van der Waals surface area contributed by atoms with Gasteiger partial charge in [0.25, 0.3) is 5.91 Å². The van der Waals surface area contributed by atoms with Gasteiger partial charge in [0.05, 0.1) is 11.3 Å². The molecule has 37 heavy (non-hydrogen) atoms. The normalized spacial score (nSPS) is 13.6. The monoisotopic (exact) mass is 490 g/mol. The molecule has 1 aliphatic heterocycles. The summed E-state index contributed by atoms with van der Waals surface area (Å²) < 4.78 is 0. The number of nitrogens with one attached hydrogen (secondary N) is 1.